The van der Waals surface area contributed by atoms with Crippen LogP contribution in [0.1, 0.15) is 18.4 Å². The minimum Gasteiger partial charge on any atom is -0.494 e. The Hall–Kier alpha value is -2.87. The van der Waals surface area contributed by atoms with Crippen molar-refractivity contribution in [3.8, 4) is 5.75 Å². The van der Waals surface area contributed by atoms with Crippen LogP contribution in [-0.2, 0) is 11.8 Å². The molecule has 30 heavy (non-hydrogen) atoms. The molecule has 4 rings (SSSR count). The highest BCUT2D eigenvalue weighted by Crippen LogP contribution is 2.24. The van der Waals surface area contributed by atoms with Gasteiger partial charge in [0.05, 0.1) is 18.2 Å². The van der Waals surface area contributed by atoms with E-state index in [-0.39, 0.29) is 5.91 Å². The zero-order valence-electron chi connectivity index (χ0n) is 17.2. The van der Waals surface area contributed by atoms with Gasteiger partial charge in [0.15, 0.2) is 5.65 Å². The first-order chi connectivity index (χ1) is 14.5. The van der Waals surface area contributed by atoms with Crippen molar-refractivity contribution in [2.45, 2.75) is 19.8 Å². The number of halogens is 1. The predicted molar refractivity (Wildman–Crippen MR) is 116 cm³/mol. The minimum atomic E-state index is 0.166. The number of ether oxygens (including phenoxy) is 1. The highest BCUT2D eigenvalue weighted by atomic mass is 35.5. The summed E-state index contributed by atoms with van der Waals surface area (Å²) in [7, 11) is 1.87. The Balaban J connectivity index is 1.24. The van der Waals surface area contributed by atoms with E-state index in [0.717, 1.165) is 46.3 Å². The lowest BCUT2D eigenvalue weighted by atomic mass is 10.2. The zero-order chi connectivity index (χ0) is 21.1. The molecule has 0 spiro atoms. The normalized spacial score (nSPS) is 14.4. The van der Waals surface area contributed by atoms with Gasteiger partial charge < -0.3 is 14.5 Å². The number of hydrogen-bond donors (Lipinski definition) is 0. The summed E-state index contributed by atoms with van der Waals surface area (Å²) in [6.45, 7) is 5.30. The summed E-state index contributed by atoms with van der Waals surface area (Å²) in [5.41, 5.74) is 1.80. The molecule has 2 aromatic heterocycles. The number of fused-ring (bicyclic) bond motifs is 1. The van der Waals surface area contributed by atoms with Crippen molar-refractivity contribution in [2.24, 2.45) is 7.05 Å². The van der Waals surface area contributed by atoms with Gasteiger partial charge in [0.2, 0.25) is 5.91 Å². The summed E-state index contributed by atoms with van der Waals surface area (Å²) in [6, 6.07) is 5.59. The molecule has 1 aliphatic rings. The van der Waals surface area contributed by atoms with Gasteiger partial charge in [0.1, 0.15) is 17.9 Å². The minimum absolute atomic E-state index is 0.166. The van der Waals surface area contributed by atoms with Crippen molar-refractivity contribution in [2.75, 3.05) is 37.7 Å². The number of rotatable bonds is 6. The van der Waals surface area contributed by atoms with Gasteiger partial charge in [-0.3, -0.25) is 9.48 Å². The number of carbonyl (C=O) groups excluding carboxylic acids is 1. The summed E-state index contributed by atoms with van der Waals surface area (Å²) in [5.74, 6) is 1.83. The van der Waals surface area contributed by atoms with Crippen LogP contribution in [0.3, 0.4) is 0 Å². The number of nitrogens with zero attached hydrogens (tertiary/aromatic N) is 6. The molecule has 0 unspecified atom stereocenters. The Bertz CT molecular complexity index is 1050. The SMILES string of the molecule is Cc1cc(OCCCC(=O)N2CCN(c3ncnc4c3cnn4C)CC2)ccc1Cl. The van der Waals surface area contributed by atoms with Crippen molar-refractivity contribution >= 4 is 34.4 Å². The van der Waals surface area contributed by atoms with Gasteiger partial charge >= 0.3 is 0 Å². The maximum absolute atomic E-state index is 12.6. The van der Waals surface area contributed by atoms with Gasteiger partial charge in [-0.25, -0.2) is 9.97 Å². The summed E-state index contributed by atoms with van der Waals surface area (Å²) >= 11 is 6.03. The number of aromatic nitrogens is 4. The average Bonchev–Trinajstić information content (AvgIpc) is 3.15. The molecule has 0 N–H and O–H groups in total. The van der Waals surface area contributed by atoms with Crippen LogP contribution in [0.25, 0.3) is 11.0 Å². The summed E-state index contributed by atoms with van der Waals surface area (Å²) in [5, 5.41) is 5.94. The van der Waals surface area contributed by atoms with Crippen LogP contribution in [-0.4, -0.2) is 63.3 Å². The first-order valence-corrected chi connectivity index (χ1v) is 10.4. The maximum Gasteiger partial charge on any atom is 0.222 e. The fourth-order valence-corrected chi connectivity index (χ4v) is 3.77. The molecule has 0 atom stereocenters. The number of hydrogen-bond acceptors (Lipinski definition) is 6. The van der Waals surface area contributed by atoms with E-state index in [1.165, 1.54) is 0 Å². The number of aryl methyl sites for hydroxylation is 2. The molecular weight excluding hydrogens is 404 g/mol. The van der Waals surface area contributed by atoms with Gasteiger partial charge in [-0.05, 0) is 37.1 Å². The fraction of sp³-hybridized carbons (Fsp3) is 0.429. The largest absolute Gasteiger partial charge is 0.494 e. The molecule has 3 heterocycles. The second-order valence-corrected chi connectivity index (χ2v) is 7.84. The van der Waals surface area contributed by atoms with Crippen LogP contribution >= 0.6 is 11.6 Å². The second-order valence-electron chi connectivity index (χ2n) is 7.43. The molecule has 0 aliphatic carbocycles. The fourth-order valence-electron chi connectivity index (χ4n) is 3.65. The number of amides is 1. The Morgan fingerprint density at radius 3 is 2.77 bits per heavy atom. The van der Waals surface area contributed by atoms with Crippen LogP contribution in [0.15, 0.2) is 30.7 Å². The van der Waals surface area contributed by atoms with Crippen molar-refractivity contribution in [1.82, 2.24) is 24.6 Å². The monoisotopic (exact) mass is 428 g/mol. The molecule has 1 aliphatic heterocycles. The molecule has 1 saturated heterocycles. The maximum atomic E-state index is 12.6. The molecule has 1 aromatic carbocycles. The third-order valence-corrected chi connectivity index (χ3v) is 5.80. The molecule has 158 valence electrons. The van der Waals surface area contributed by atoms with Crippen LogP contribution in [0.2, 0.25) is 5.02 Å². The first kappa shape index (κ1) is 20.4. The van der Waals surface area contributed by atoms with E-state index in [2.05, 4.69) is 20.0 Å². The first-order valence-electron chi connectivity index (χ1n) is 10.1. The predicted octanol–water partition coefficient (Wildman–Crippen LogP) is 2.83. The number of piperazine rings is 1. The van der Waals surface area contributed by atoms with Gasteiger partial charge in [0.25, 0.3) is 0 Å². The second kappa shape index (κ2) is 8.87. The van der Waals surface area contributed by atoms with Crippen LogP contribution < -0.4 is 9.64 Å². The van der Waals surface area contributed by atoms with E-state index in [0.29, 0.717) is 32.5 Å². The molecule has 1 amide bonds. The van der Waals surface area contributed by atoms with E-state index in [4.69, 9.17) is 16.3 Å². The lowest BCUT2D eigenvalue weighted by Gasteiger charge is -2.35. The number of anilines is 1. The highest BCUT2D eigenvalue weighted by Gasteiger charge is 2.23. The van der Waals surface area contributed by atoms with E-state index in [1.54, 1.807) is 17.2 Å². The molecule has 8 nitrogen and oxygen atoms in total. The van der Waals surface area contributed by atoms with Gasteiger partial charge in [-0.2, -0.15) is 5.10 Å². The standard InChI is InChI=1S/C21H25ClN6O2/c1-15-12-16(5-6-18(15)22)30-11-3-4-19(29)27-7-9-28(10-8-27)21-17-13-25-26(2)20(17)23-14-24-21/h5-6,12-14H,3-4,7-11H2,1-2H3. The van der Waals surface area contributed by atoms with Crippen molar-refractivity contribution in [1.29, 1.82) is 0 Å². The quantitative estimate of drug-likeness (QED) is 0.562. The molecule has 1 fully saturated rings. The van der Waals surface area contributed by atoms with Crippen LogP contribution in [0, 0.1) is 6.92 Å². The van der Waals surface area contributed by atoms with Gasteiger partial charge in [0, 0.05) is 44.7 Å². The summed E-state index contributed by atoms with van der Waals surface area (Å²) in [4.78, 5) is 25.4. The third-order valence-electron chi connectivity index (χ3n) is 5.37. The zero-order valence-corrected chi connectivity index (χ0v) is 18.0. The lowest BCUT2D eigenvalue weighted by molar-refractivity contribution is -0.131. The van der Waals surface area contributed by atoms with Gasteiger partial charge in [-0.1, -0.05) is 11.6 Å². The third kappa shape index (κ3) is 4.33. The molecule has 3 aromatic rings. The highest BCUT2D eigenvalue weighted by molar-refractivity contribution is 6.31. The molecular formula is C21H25ClN6O2. The van der Waals surface area contributed by atoms with Crippen molar-refractivity contribution in [3.63, 3.8) is 0 Å². The van der Waals surface area contributed by atoms with E-state index >= 15 is 0 Å². The smallest absolute Gasteiger partial charge is 0.222 e. The molecule has 9 heteroatoms. The topological polar surface area (TPSA) is 76.4 Å². The Morgan fingerprint density at radius 2 is 2.00 bits per heavy atom. The lowest BCUT2D eigenvalue weighted by Crippen LogP contribution is -2.49. The molecule has 0 bridgehead atoms. The molecule has 0 saturated carbocycles. The summed E-state index contributed by atoms with van der Waals surface area (Å²) < 4.78 is 7.48. The van der Waals surface area contributed by atoms with E-state index in [9.17, 15) is 4.79 Å². The number of carbonyl (C=O) groups is 1. The Labute approximate surface area is 180 Å². The van der Waals surface area contributed by atoms with Crippen LogP contribution in [0.4, 0.5) is 5.82 Å². The average molecular weight is 429 g/mol. The number of benzene rings is 1. The van der Waals surface area contributed by atoms with Gasteiger partial charge in [-0.15, -0.1) is 0 Å². The Morgan fingerprint density at radius 1 is 1.20 bits per heavy atom. The van der Waals surface area contributed by atoms with E-state index < -0.39 is 0 Å². The van der Waals surface area contributed by atoms with Crippen molar-refractivity contribution in [3.05, 3.63) is 41.3 Å². The molecule has 0 radical (unpaired) electrons. The van der Waals surface area contributed by atoms with Crippen LogP contribution in [0.5, 0.6) is 5.75 Å². The Kier molecular flexibility index (Phi) is 6.03. The summed E-state index contributed by atoms with van der Waals surface area (Å²) in [6.07, 6.45) is 4.53. The van der Waals surface area contributed by atoms with E-state index in [1.807, 2.05) is 37.1 Å². The van der Waals surface area contributed by atoms with Crippen molar-refractivity contribution < 1.29 is 9.53 Å².